The summed E-state index contributed by atoms with van der Waals surface area (Å²) in [6.45, 7) is 16.4. The monoisotopic (exact) mass is 692 g/mol. The van der Waals surface area contributed by atoms with Gasteiger partial charge in [-0.3, -0.25) is 5.43 Å². The summed E-state index contributed by atoms with van der Waals surface area (Å²) in [6.07, 6.45) is 11.7. The predicted octanol–water partition coefficient (Wildman–Crippen LogP) is 11.9. The van der Waals surface area contributed by atoms with Crippen molar-refractivity contribution in [3.8, 4) is 34.5 Å². The fourth-order valence-corrected chi connectivity index (χ4v) is 5.02. The quantitative estimate of drug-likeness (QED) is 0.0595. The van der Waals surface area contributed by atoms with Crippen molar-refractivity contribution in [1.82, 2.24) is 0 Å². The average molecular weight is 693 g/mol. The SMILES string of the molecule is CCCCOc1ccc(N(Nc2ccccc2)c2ccc(OCCCC)c(OCCCC)c2OCCCC)c(OCCCC)c1OCCCC. The van der Waals surface area contributed by atoms with Crippen LogP contribution in [0.4, 0.5) is 17.1 Å². The zero-order valence-corrected chi connectivity index (χ0v) is 31.8. The fraction of sp³-hybridized carbons (Fsp3) is 0.571. The molecule has 0 aliphatic rings. The summed E-state index contributed by atoms with van der Waals surface area (Å²) in [7, 11) is 0. The number of hydrogen-bond acceptors (Lipinski definition) is 8. The number of ether oxygens (including phenoxy) is 6. The van der Waals surface area contributed by atoms with E-state index < -0.39 is 0 Å². The topological polar surface area (TPSA) is 70.7 Å². The molecule has 0 aliphatic carbocycles. The molecule has 0 amide bonds. The number of nitrogens with zero attached hydrogens (tertiary/aromatic N) is 1. The van der Waals surface area contributed by atoms with Crippen LogP contribution in [0, 0.1) is 0 Å². The molecule has 0 aliphatic heterocycles. The summed E-state index contributed by atoms with van der Waals surface area (Å²) in [6, 6.07) is 18.2. The zero-order chi connectivity index (χ0) is 35.8. The average Bonchev–Trinajstić information content (AvgIpc) is 3.13. The van der Waals surface area contributed by atoms with Crippen LogP contribution in [-0.2, 0) is 0 Å². The number of para-hydroxylation sites is 1. The Morgan fingerprint density at radius 2 is 0.740 bits per heavy atom. The summed E-state index contributed by atoms with van der Waals surface area (Å²) >= 11 is 0. The van der Waals surface area contributed by atoms with E-state index in [0.717, 1.165) is 94.1 Å². The largest absolute Gasteiger partial charge is 0.490 e. The number of unbranched alkanes of at least 4 members (excludes halogenated alkanes) is 6. The molecule has 0 heterocycles. The Morgan fingerprint density at radius 1 is 0.400 bits per heavy atom. The molecular formula is C42H64N2O6. The molecule has 3 rings (SSSR count). The Morgan fingerprint density at radius 3 is 1.10 bits per heavy atom. The van der Waals surface area contributed by atoms with E-state index in [1.54, 1.807) is 0 Å². The van der Waals surface area contributed by atoms with Crippen LogP contribution in [0.1, 0.15) is 119 Å². The number of rotatable bonds is 28. The molecule has 0 spiro atoms. The third kappa shape index (κ3) is 12.7. The van der Waals surface area contributed by atoms with Gasteiger partial charge in [0, 0.05) is 0 Å². The summed E-state index contributed by atoms with van der Waals surface area (Å²) in [4.78, 5) is 0. The first-order valence-electron chi connectivity index (χ1n) is 19.4. The minimum Gasteiger partial charge on any atom is -0.490 e. The van der Waals surface area contributed by atoms with Crippen LogP contribution < -0.4 is 38.9 Å². The van der Waals surface area contributed by atoms with Gasteiger partial charge in [0.25, 0.3) is 0 Å². The van der Waals surface area contributed by atoms with Crippen molar-refractivity contribution in [2.45, 2.75) is 119 Å². The van der Waals surface area contributed by atoms with Crippen LogP contribution in [0.25, 0.3) is 0 Å². The third-order valence-corrected chi connectivity index (χ3v) is 8.10. The van der Waals surface area contributed by atoms with Crippen molar-refractivity contribution < 1.29 is 28.4 Å². The molecule has 0 unspecified atom stereocenters. The molecule has 0 aromatic heterocycles. The summed E-state index contributed by atoms with van der Waals surface area (Å²) < 4.78 is 39.1. The molecule has 3 aromatic carbocycles. The second-order valence-electron chi connectivity index (χ2n) is 12.5. The molecule has 0 radical (unpaired) electrons. The van der Waals surface area contributed by atoms with Crippen LogP contribution >= 0.6 is 0 Å². The molecule has 0 saturated heterocycles. The third-order valence-electron chi connectivity index (χ3n) is 8.10. The lowest BCUT2D eigenvalue weighted by atomic mass is 10.2. The van der Waals surface area contributed by atoms with E-state index in [1.165, 1.54) is 0 Å². The number of anilines is 3. The number of nitrogens with one attached hydrogen (secondary N) is 1. The van der Waals surface area contributed by atoms with Gasteiger partial charge in [0.05, 0.1) is 45.3 Å². The second-order valence-corrected chi connectivity index (χ2v) is 12.5. The van der Waals surface area contributed by atoms with Crippen molar-refractivity contribution in [3.63, 3.8) is 0 Å². The van der Waals surface area contributed by atoms with E-state index in [9.17, 15) is 0 Å². The van der Waals surface area contributed by atoms with Gasteiger partial charge in [0.1, 0.15) is 11.4 Å². The van der Waals surface area contributed by atoms with Gasteiger partial charge < -0.3 is 28.4 Å². The molecule has 8 heteroatoms. The van der Waals surface area contributed by atoms with Gasteiger partial charge in [-0.2, -0.15) is 0 Å². The number of hydrazine groups is 1. The van der Waals surface area contributed by atoms with Crippen LogP contribution in [0.2, 0.25) is 0 Å². The Hall–Kier alpha value is -3.94. The highest BCUT2D eigenvalue weighted by molar-refractivity contribution is 5.82. The Labute approximate surface area is 302 Å². The minimum absolute atomic E-state index is 0.542. The maximum atomic E-state index is 6.68. The zero-order valence-electron chi connectivity index (χ0n) is 31.8. The number of hydrogen-bond donors (Lipinski definition) is 1. The second kappa shape index (κ2) is 24.2. The molecule has 278 valence electrons. The van der Waals surface area contributed by atoms with Crippen LogP contribution in [0.15, 0.2) is 54.6 Å². The highest BCUT2D eigenvalue weighted by atomic mass is 16.5. The van der Waals surface area contributed by atoms with Gasteiger partial charge >= 0.3 is 0 Å². The first kappa shape index (κ1) is 40.5. The molecule has 0 saturated carbocycles. The molecule has 3 aromatic rings. The first-order valence-corrected chi connectivity index (χ1v) is 19.4. The molecule has 50 heavy (non-hydrogen) atoms. The minimum atomic E-state index is 0.542. The molecule has 0 bridgehead atoms. The summed E-state index contributed by atoms with van der Waals surface area (Å²) in [5.74, 6) is 3.87. The maximum Gasteiger partial charge on any atom is 0.205 e. The lowest BCUT2D eigenvalue weighted by molar-refractivity contribution is 0.236. The Balaban J connectivity index is 2.32. The summed E-state index contributed by atoms with van der Waals surface area (Å²) in [5.41, 5.74) is 6.14. The lowest BCUT2D eigenvalue weighted by Gasteiger charge is -2.32. The molecule has 0 fully saturated rings. The smallest absolute Gasteiger partial charge is 0.205 e. The molecule has 8 nitrogen and oxygen atoms in total. The normalized spacial score (nSPS) is 10.8. The van der Waals surface area contributed by atoms with E-state index >= 15 is 0 Å². The standard InChI is InChI=1S/C42H64N2O6/c1-7-13-28-45-37-26-24-35(39(47-30-15-9-3)41(37)49-32-17-11-5)44(43-34-22-20-19-21-23-34)36-25-27-38(46-29-14-8-2)42(50-33-18-12-6)40(36)48-31-16-10-4/h19-27,43H,7-18,28-33H2,1-6H3. The fourth-order valence-electron chi connectivity index (χ4n) is 5.02. The molecular weight excluding hydrogens is 628 g/mol. The first-order chi connectivity index (χ1) is 24.6. The van der Waals surface area contributed by atoms with Crippen molar-refractivity contribution in [2.24, 2.45) is 0 Å². The highest BCUT2D eigenvalue weighted by Crippen LogP contribution is 2.51. The Bertz CT molecular complexity index is 1250. The lowest BCUT2D eigenvalue weighted by Crippen LogP contribution is -2.26. The van der Waals surface area contributed by atoms with E-state index in [2.05, 4.69) is 47.0 Å². The van der Waals surface area contributed by atoms with E-state index in [0.29, 0.717) is 74.1 Å². The van der Waals surface area contributed by atoms with Crippen molar-refractivity contribution in [1.29, 1.82) is 0 Å². The van der Waals surface area contributed by atoms with Gasteiger partial charge in [-0.15, -0.1) is 0 Å². The van der Waals surface area contributed by atoms with Crippen LogP contribution in [0.5, 0.6) is 34.5 Å². The molecule has 0 atom stereocenters. The van der Waals surface area contributed by atoms with Crippen molar-refractivity contribution in [2.75, 3.05) is 50.1 Å². The van der Waals surface area contributed by atoms with Gasteiger partial charge in [-0.25, -0.2) is 5.01 Å². The van der Waals surface area contributed by atoms with Gasteiger partial charge in [0.15, 0.2) is 23.0 Å². The van der Waals surface area contributed by atoms with Gasteiger partial charge in [-0.05, 0) is 74.9 Å². The van der Waals surface area contributed by atoms with E-state index in [1.807, 2.05) is 59.6 Å². The predicted molar refractivity (Wildman–Crippen MR) is 208 cm³/mol. The molecule has 1 N–H and O–H groups in total. The van der Waals surface area contributed by atoms with Crippen LogP contribution in [0.3, 0.4) is 0 Å². The van der Waals surface area contributed by atoms with Gasteiger partial charge in [-0.1, -0.05) is 98.3 Å². The summed E-state index contributed by atoms with van der Waals surface area (Å²) in [5, 5.41) is 2.03. The van der Waals surface area contributed by atoms with Crippen molar-refractivity contribution in [3.05, 3.63) is 54.6 Å². The number of benzene rings is 3. The Kier molecular flexibility index (Phi) is 19.6. The van der Waals surface area contributed by atoms with E-state index in [4.69, 9.17) is 28.4 Å². The van der Waals surface area contributed by atoms with Gasteiger partial charge in [0.2, 0.25) is 11.5 Å². The van der Waals surface area contributed by atoms with E-state index in [-0.39, 0.29) is 0 Å². The maximum absolute atomic E-state index is 6.68. The highest BCUT2D eigenvalue weighted by Gasteiger charge is 2.28. The van der Waals surface area contributed by atoms with Crippen molar-refractivity contribution >= 4 is 17.1 Å². The van der Waals surface area contributed by atoms with Crippen LogP contribution in [-0.4, -0.2) is 39.6 Å².